The lowest BCUT2D eigenvalue weighted by atomic mass is 9.97. The zero-order valence-corrected chi connectivity index (χ0v) is 10.5. The minimum absolute atomic E-state index is 0.00157. The maximum absolute atomic E-state index is 14.0. The van der Waals surface area contributed by atoms with E-state index in [0.29, 0.717) is 13.2 Å². The molecule has 1 aliphatic heterocycles. The van der Waals surface area contributed by atoms with Crippen molar-refractivity contribution in [2.75, 3.05) is 13.2 Å². The molecule has 0 aliphatic carbocycles. The lowest BCUT2D eigenvalue weighted by Gasteiger charge is -2.20. The lowest BCUT2D eigenvalue weighted by Crippen LogP contribution is -2.15. The van der Waals surface area contributed by atoms with E-state index < -0.39 is 0 Å². The van der Waals surface area contributed by atoms with Crippen LogP contribution in [0.1, 0.15) is 29.5 Å². The van der Waals surface area contributed by atoms with Crippen LogP contribution >= 0.6 is 0 Å². The molecule has 0 unspecified atom stereocenters. The molecule has 0 amide bonds. The highest BCUT2D eigenvalue weighted by Gasteiger charge is 2.18. The highest BCUT2D eigenvalue weighted by atomic mass is 19.1. The fraction of sp³-hybridized carbons (Fsp3) is 0.467. The molecule has 1 aromatic carbocycles. The van der Waals surface area contributed by atoms with E-state index >= 15 is 0 Å². The van der Waals surface area contributed by atoms with Gasteiger partial charge in [-0.05, 0) is 38.3 Å². The maximum atomic E-state index is 14.0. The second-order valence-electron chi connectivity index (χ2n) is 4.84. The van der Waals surface area contributed by atoms with Crippen LogP contribution in [-0.4, -0.2) is 13.2 Å². The summed E-state index contributed by atoms with van der Waals surface area (Å²) in [5, 5.41) is 0. The summed E-state index contributed by atoms with van der Waals surface area (Å²) in [6.45, 7) is 5.44. The SMILES string of the molecule is Cc1cc(C)cc(/C=C(\F)C2CCOCC2)c1. The average Bonchev–Trinajstić information content (AvgIpc) is 2.28. The first-order valence-corrected chi connectivity index (χ1v) is 6.18. The molecule has 1 aliphatic rings. The van der Waals surface area contributed by atoms with Gasteiger partial charge in [0.15, 0.2) is 0 Å². The Bertz CT molecular complexity index is 397. The normalized spacial score (nSPS) is 18.4. The highest BCUT2D eigenvalue weighted by Crippen LogP contribution is 2.26. The van der Waals surface area contributed by atoms with E-state index in [1.165, 1.54) is 11.1 Å². The summed E-state index contributed by atoms with van der Waals surface area (Å²) in [4.78, 5) is 0. The predicted molar refractivity (Wildman–Crippen MR) is 68.5 cm³/mol. The Morgan fingerprint density at radius 3 is 2.35 bits per heavy atom. The molecule has 17 heavy (non-hydrogen) atoms. The standard InChI is InChI=1S/C15H19FO/c1-11-7-12(2)9-13(8-11)10-15(16)14-3-5-17-6-4-14/h7-10,14H,3-6H2,1-2H3/b15-10-. The van der Waals surface area contributed by atoms with E-state index in [-0.39, 0.29) is 11.7 Å². The van der Waals surface area contributed by atoms with Crippen molar-refractivity contribution in [3.63, 3.8) is 0 Å². The molecule has 2 rings (SSSR count). The van der Waals surface area contributed by atoms with Crippen LogP contribution in [0.4, 0.5) is 4.39 Å². The fourth-order valence-corrected chi connectivity index (χ4v) is 2.34. The summed E-state index contributed by atoms with van der Waals surface area (Å²) in [6.07, 6.45) is 3.27. The summed E-state index contributed by atoms with van der Waals surface area (Å²) in [5.41, 5.74) is 3.32. The second kappa shape index (κ2) is 5.46. The Kier molecular flexibility index (Phi) is 3.95. The lowest BCUT2D eigenvalue weighted by molar-refractivity contribution is 0.0705. The first kappa shape index (κ1) is 12.3. The zero-order chi connectivity index (χ0) is 12.3. The number of allylic oxidation sites excluding steroid dienone is 1. The molecule has 0 atom stereocenters. The van der Waals surface area contributed by atoms with Gasteiger partial charge in [-0.25, -0.2) is 4.39 Å². The Morgan fingerprint density at radius 2 is 1.76 bits per heavy atom. The zero-order valence-electron chi connectivity index (χ0n) is 10.5. The third-order valence-corrected chi connectivity index (χ3v) is 3.16. The maximum Gasteiger partial charge on any atom is 0.104 e. The number of ether oxygens (including phenoxy) is 1. The molecule has 1 heterocycles. The van der Waals surface area contributed by atoms with Gasteiger partial charge in [0.1, 0.15) is 5.83 Å². The third kappa shape index (κ3) is 3.40. The van der Waals surface area contributed by atoms with Crippen molar-refractivity contribution < 1.29 is 9.13 Å². The summed E-state index contributed by atoms with van der Waals surface area (Å²) < 4.78 is 19.3. The van der Waals surface area contributed by atoms with Gasteiger partial charge in [-0.2, -0.15) is 0 Å². The quantitative estimate of drug-likeness (QED) is 0.750. The Hall–Kier alpha value is -1.15. The van der Waals surface area contributed by atoms with E-state index in [9.17, 15) is 4.39 Å². The monoisotopic (exact) mass is 234 g/mol. The second-order valence-corrected chi connectivity index (χ2v) is 4.84. The van der Waals surface area contributed by atoms with Crippen molar-refractivity contribution in [3.8, 4) is 0 Å². The van der Waals surface area contributed by atoms with Gasteiger partial charge in [-0.1, -0.05) is 29.3 Å². The molecule has 0 radical (unpaired) electrons. The van der Waals surface area contributed by atoms with Crippen molar-refractivity contribution in [1.82, 2.24) is 0 Å². The van der Waals surface area contributed by atoms with Crippen molar-refractivity contribution in [1.29, 1.82) is 0 Å². The van der Waals surface area contributed by atoms with E-state index in [0.717, 1.165) is 18.4 Å². The predicted octanol–water partition coefficient (Wildman–Crippen LogP) is 4.04. The van der Waals surface area contributed by atoms with Crippen LogP contribution in [0.2, 0.25) is 0 Å². The van der Waals surface area contributed by atoms with Crippen molar-refractivity contribution >= 4 is 6.08 Å². The molecule has 1 nitrogen and oxygen atoms in total. The van der Waals surface area contributed by atoms with Crippen molar-refractivity contribution in [2.24, 2.45) is 5.92 Å². The van der Waals surface area contributed by atoms with Crippen LogP contribution in [-0.2, 0) is 4.74 Å². The van der Waals surface area contributed by atoms with Crippen LogP contribution in [0.25, 0.3) is 6.08 Å². The molecule has 0 bridgehead atoms. The molecule has 0 aromatic heterocycles. The summed E-state index contributed by atoms with van der Waals surface area (Å²) >= 11 is 0. The summed E-state index contributed by atoms with van der Waals surface area (Å²) in [5.74, 6) is 0.0443. The molecule has 1 fully saturated rings. The number of rotatable bonds is 2. The average molecular weight is 234 g/mol. The number of hydrogen-bond donors (Lipinski definition) is 0. The first-order valence-electron chi connectivity index (χ1n) is 6.18. The van der Waals surface area contributed by atoms with Gasteiger partial charge in [-0.15, -0.1) is 0 Å². The van der Waals surface area contributed by atoms with Gasteiger partial charge >= 0.3 is 0 Å². The van der Waals surface area contributed by atoms with Crippen LogP contribution < -0.4 is 0 Å². The molecule has 92 valence electrons. The first-order chi connectivity index (χ1) is 8.15. The summed E-state index contributed by atoms with van der Waals surface area (Å²) in [7, 11) is 0. The van der Waals surface area contributed by atoms with E-state index in [1.807, 2.05) is 26.0 Å². The molecule has 1 saturated heterocycles. The molecule has 2 heteroatoms. The molecule has 1 aromatic rings. The fourth-order valence-electron chi connectivity index (χ4n) is 2.34. The van der Waals surface area contributed by atoms with Gasteiger partial charge in [-0.3, -0.25) is 0 Å². The minimum Gasteiger partial charge on any atom is -0.381 e. The highest BCUT2D eigenvalue weighted by molar-refractivity contribution is 5.54. The Labute approximate surface area is 102 Å². The van der Waals surface area contributed by atoms with Crippen LogP contribution in [0.15, 0.2) is 24.0 Å². The van der Waals surface area contributed by atoms with Gasteiger partial charge in [0.2, 0.25) is 0 Å². The van der Waals surface area contributed by atoms with Gasteiger partial charge in [0.25, 0.3) is 0 Å². The molecule has 0 spiro atoms. The number of hydrogen-bond acceptors (Lipinski definition) is 1. The molecule has 0 N–H and O–H groups in total. The van der Waals surface area contributed by atoms with Crippen LogP contribution in [0.5, 0.6) is 0 Å². The van der Waals surface area contributed by atoms with Crippen LogP contribution in [0.3, 0.4) is 0 Å². The van der Waals surface area contributed by atoms with Gasteiger partial charge in [0.05, 0.1) is 0 Å². The van der Waals surface area contributed by atoms with Crippen LogP contribution in [0, 0.1) is 19.8 Å². The molecular formula is C15H19FO. The number of benzene rings is 1. The molecular weight excluding hydrogens is 215 g/mol. The number of halogens is 1. The van der Waals surface area contributed by atoms with Gasteiger partial charge < -0.3 is 4.74 Å². The largest absolute Gasteiger partial charge is 0.381 e. The Balaban J connectivity index is 2.16. The van der Waals surface area contributed by atoms with E-state index in [4.69, 9.17) is 4.74 Å². The third-order valence-electron chi connectivity index (χ3n) is 3.16. The van der Waals surface area contributed by atoms with Crippen molar-refractivity contribution in [3.05, 3.63) is 40.7 Å². The number of aryl methyl sites for hydroxylation is 2. The minimum atomic E-state index is -0.00157. The Morgan fingerprint density at radius 1 is 1.18 bits per heavy atom. The topological polar surface area (TPSA) is 9.23 Å². The van der Waals surface area contributed by atoms with Gasteiger partial charge in [0, 0.05) is 19.1 Å². The smallest absolute Gasteiger partial charge is 0.104 e. The van der Waals surface area contributed by atoms with Crippen molar-refractivity contribution in [2.45, 2.75) is 26.7 Å². The molecule has 0 saturated carbocycles. The van der Waals surface area contributed by atoms with E-state index in [1.54, 1.807) is 6.08 Å². The van der Waals surface area contributed by atoms with E-state index in [2.05, 4.69) is 6.07 Å². The summed E-state index contributed by atoms with van der Waals surface area (Å²) in [6, 6.07) is 6.14.